The van der Waals surface area contributed by atoms with E-state index in [1.54, 1.807) is 0 Å². The van der Waals surface area contributed by atoms with Crippen LogP contribution >= 0.6 is 0 Å². The number of allylic oxidation sites excluding steroid dienone is 4. The quantitative estimate of drug-likeness (QED) is 0.0351. The van der Waals surface area contributed by atoms with Crippen LogP contribution < -0.4 is 22.9 Å². The maximum atomic E-state index is 10.7. The van der Waals surface area contributed by atoms with Gasteiger partial charge in [0.2, 0.25) is 23.6 Å². The van der Waals surface area contributed by atoms with Crippen LogP contribution in [0.5, 0.6) is 0 Å². The molecule has 540 valence electrons. The monoisotopic (exact) mass is 1280 g/mol. The standard InChI is InChI=1S/C37H74N2O2.2C22H43NO.C2H4/c38-36(40)34-32-30-28-26-24-22-20-18-16-14-12-10-8-6-4-2-1-3-5-7-9-11-13-15-17-19-21-23-25-27-29-31-33-35-37(39)41;2*1-2-3-4-5-6-7-8-9-10-11-12-13-14-15-16-17-18-19-20-21-22(23)24;1-2/h1-35H2,(H2,38,40)(H2,39,41);2*9-10H,2-8,11-21H2,1H3,(H2,23,24);1-2H2/b;2*10-9-;. The number of unbranched alkanes of at least 4 members (excludes halogenated alkanes) is 62. The number of primary amides is 4. The second-order valence-corrected chi connectivity index (χ2v) is 27.5. The van der Waals surface area contributed by atoms with Gasteiger partial charge in [-0.15, -0.1) is 13.2 Å². The zero-order chi connectivity index (χ0) is 67.3. The van der Waals surface area contributed by atoms with Crippen molar-refractivity contribution in [3.05, 3.63) is 37.5 Å². The molecule has 0 aliphatic rings. The number of rotatable bonds is 74. The highest BCUT2D eigenvalue weighted by Crippen LogP contribution is 2.19. The van der Waals surface area contributed by atoms with E-state index >= 15 is 0 Å². The molecule has 0 fully saturated rings. The largest absolute Gasteiger partial charge is 0.370 e. The maximum absolute atomic E-state index is 10.7. The fourth-order valence-electron chi connectivity index (χ4n) is 12.2. The minimum Gasteiger partial charge on any atom is -0.370 e. The van der Waals surface area contributed by atoms with E-state index in [0.717, 1.165) is 51.4 Å². The Labute approximate surface area is 570 Å². The normalized spacial score (nSPS) is 11.1. The molecule has 0 aromatic heterocycles. The summed E-state index contributed by atoms with van der Waals surface area (Å²) in [4.78, 5) is 42.6. The molecule has 8 N–H and O–H groups in total. The van der Waals surface area contributed by atoms with Crippen LogP contribution in [-0.4, -0.2) is 23.6 Å². The number of hydrogen-bond acceptors (Lipinski definition) is 4. The number of amides is 4. The Morgan fingerprint density at radius 3 is 0.396 bits per heavy atom. The predicted molar refractivity (Wildman–Crippen MR) is 405 cm³/mol. The van der Waals surface area contributed by atoms with E-state index in [9.17, 15) is 19.2 Å². The highest BCUT2D eigenvalue weighted by Gasteiger charge is 2.02. The molecule has 0 spiro atoms. The van der Waals surface area contributed by atoms with Crippen molar-refractivity contribution in [1.29, 1.82) is 0 Å². The van der Waals surface area contributed by atoms with Crippen molar-refractivity contribution in [1.82, 2.24) is 0 Å². The zero-order valence-electron chi connectivity index (χ0n) is 61.9. The van der Waals surface area contributed by atoms with E-state index in [1.807, 2.05) is 0 Å². The first kappa shape index (κ1) is 94.5. The first-order valence-corrected chi connectivity index (χ1v) is 40.6. The molecule has 0 aliphatic heterocycles. The average Bonchev–Trinajstić information content (AvgIpc) is 3.53. The molecule has 0 saturated heterocycles. The molecule has 0 rings (SSSR count). The highest BCUT2D eigenvalue weighted by molar-refractivity contribution is 5.74. The summed E-state index contributed by atoms with van der Waals surface area (Å²) in [7, 11) is 0. The number of carbonyl (C=O) groups excluding carboxylic acids is 4. The van der Waals surface area contributed by atoms with Gasteiger partial charge in [0, 0.05) is 25.7 Å². The SMILES string of the molecule is C=C.CCCCCCCC/C=C\CCCCCCCCCCCC(N)=O.CCCCCCCC/C=C\CCCCCCCCCCCC(N)=O.NC(=O)CCCCCCCCCCCCCCCCCCCCCCCCCCCCCCCCCCCC(N)=O. The van der Waals surface area contributed by atoms with Gasteiger partial charge in [0.25, 0.3) is 0 Å². The highest BCUT2D eigenvalue weighted by atomic mass is 16.2. The molecule has 0 radical (unpaired) electrons. The van der Waals surface area contributed by atoms with E-state index in [-0.39, 0.29) is 23.6 Å². The van der Waals surface area contributed by atoms with Gasteiger partial charge >= 0.3 is 0 Å². The molecule has 91 heavy (non-hydrogen) atoms. The molecule has 0 aromatic carbocycles. The van der Waals surface area contributed by atoms with Gasteiger partial charge in [0.05, 0.1) is 0 Å². The summed E-state index contributed by atoms with van der Waals surface area (Å²) < 4.78 is 0. The maximum Gasteiger partial charge on any atom is 0.217 e. The van der Waals surface area contributed by atoms with Gasteiger partial charge in [0.15, 0.2) is 0 Å². The van der Waals surface area contributed by atoms with Crippen LogP contribution in [0, 0.1) is 0 Å². The summed E-state index contributed by atoms with van der Waals surface area (Å²) in [5.74, 6) is -0.618. The molecular formula is C83H164N4O4. The number of carbonyl (C=O) groups is 4. The summed E-state index contributed by atoms with van der Waals surface area (Å²) in [5, 5.41) is 0. The lowest BCUT2D eigenvalue weighted by atomic mass is 10.0. The van der Waals surface area contributed by atoms with E-state index < -0.39 is 0 Å². The molecule has 0 aliphatic carbocycles. The van der Waals surface area contributed by atoms with Crippen LogP contribution in [-0.2, 0) is 19.2 Å². The lowest BCUT2D eigenvalue weighted by Gasteiger charge is -2.05. The van der Waals surface area contributed by atoms with Gasteiger partial charge < -0.3 is 22.9 Å². The molecule has 4 amide bonds. The lowest BCUT2D eigenvalue weighted by Crippen LogP contribution is -2.09. The molecule has 8 heteroatoms. The molecular weight excluding hydrogens is 1120 g/mol. The molecule has 0 unspecified atom stereocenters. The van der Waals surface area contributed by atoms with Crippen molar-refractivity contribution < 1.29 is 19.2 Å². The van der Waals surface area contributed by atoms with Gasteiger partial charge in [0.1, 0.15) is 0 Å². The van der Waals surface area contributed by atoms with Gasteiger partial charge in [-0.25, -0.2) is 0 Å². The first-order chi connectivity index (χ1) is 44.7. The van der Waals surface area contributed by atoms with Crippen molar-refractivity contribution in [3.8, 4) is 0 Å². The van der Waals surface area contributed by atoms with Crippen LogP contribution in [0.3, 0.4) is 0 Å². The first-order valence-electron chi connectivity index (χ1n) is 40.6. The molecule has 0 heterocycles. The van der Waals surface area contributed by atoms with E-state index in [1.165, 1.54) is 379 Å². The third kappa shape index (κ3) is 106. The van der Waals surface area contributed by atoms with Gasteiger partial charge in [-0.2, -0.15) is 0 Å². The Morgan fingerprint density at radius 2 is 0.286 bits per heavy atom. The van der Waals surface area contributed by atoms with E-state index in [4.69, 9.17) is 22.9 Å². The van der Waals surface area contributed by atoms with Crippen LogP contribution in [0.4, 0.5) is 0 Å². The Morgan fingerprint density at radius 1 is 0.187 bits per heavy atom. The second kappa shape index (κ2) is 91.3. The Bertz CT molecular complexity index is 1350. The molecule has 0 bridgehead atoms. The van der Waals surface area contributed by atoms with Crippen LogP contribution in [0.1, 0.15) is 470 Å². The van der Waals surface area contributed by atoms with Crippen molar-refractivity contribution >= 4 is 23.6 Å². The summed E-state index contributed by atoms with van der Waals surface area (Å²) in [6, 6.07) is 0. The molecule has 0 atom stereocenters. The van der Waals surface area contributed by atoms with Crippen molar-refractivity contribution in [2.24, 2.45) is 22.9 Å². The van der Waals surface area contributed by atoms with Crippen LogP contribution in [0.25, 0.3) is 0 Å². The second-order valence-electron chi connectivity index (χ2n) is 27.5. The molecule has 0 aromatic rings. The third-order valence-electron chi connectivity index (χ3n) is 18.2. The summed E-state index contributed by atoms with van der Waals surface area (Å²) in [6.45, 7) is 10.6. The van der Waals surface area contributed by atoms with E-state index in [0.29, 0.717) is 25.7 Å². The van der Waals surface area contributed by atoms with Gasteiger partial charge in [-0.05, 0) is 77.0 Å². The average molecular weight is 1280 g/mol. The fourth-order valence-corrected chi connectivity index (χ4v) is 12.2. The smallest absolute Gasteiger partial charge is 0.217 e. The van der Waals surface area contributed by atoms with Gasteiger partial charge in [-0.3, -0.25) is 19.2 Å². The zero-order valence-corrected chi connectivity index (χ0v) is 61.9. The summed E-state index contributed by atoms with van der Waals surface area (Å²) >= 11 is 0. The van der Waals surface area contributed by atoms with Gasteiger partial charge in [-0.1, -0.05) is 391 Å². The topological polar surface area (TPSA) is 172 Å². The fraction of sp³-hybridized carbons (Fsp3) is 0.880. The predicted octanol–water partition coefficient (Wildman–Crippen LogP) is 26.6. The summed E-state index contributed by atoms with van der Waals surface area (Å²) in [6.07, 6.45) is 102. The summed E-state index contributed by atoms with van der Waals surface area (Å²) in [5.41, 5.74) is 20.6. The minimum absolute atomic E-state index is 0.152. The number of hydrogen-bond donors (Lipinski definition) is 4. The minimum atomic E-state index is -0.156. The van der Waals surface area contributed by atoms with Crippen molar-refractivity contribution in [3.63, 3.8) is 0 Å². The Hall–Kier alpha value is -2.90. The third-order valence-corrected chi connectivity index (χ3v) is 18.2. The van der Waals surface area contributed by atoms with E-state index in [2.05, 4.69) is 51.3 Å². The van der Waals surface area contributed by atoms with Crippen molar-refractivity contribution in [2.45, 2.75) is 470 Å². The van der Waals surface area contributed by atoms with Crippen LogP contribution in [0.2, 0.25) is 0 Å². The Kier molecular flexibility index (Phi) is 94.8. The lowest BCUT2D eigenvalue weighted by molar-refractivity contribution is -0.119. The molecule has 0 saturated carbocycles. The number of nitrogens with two attached hydrogens (primary N) is 4. The molecule has 8 nitrogen and oxygen atoms in total. The Balaban J connectivity index is -0.000000652. The van der Waals surface area contributed by atoms with Crippen LogP contribution in [0.15, 0.2) is 37.5 Å². The van der Waals surface area contributed by atoms with Crippen molar-refractivity contribution in [2.75, 3.05) is 0 Å².